The summed E-state index contributed by atoms with van der Waals surface area (Å²) in [5.41, 5.74) is 4.72. The van der Waals surface area contributed by atoms with E-state index in [1.54, 1.807) is 29.4 Å². The minimum Gasteiger partial charge on any atom is -0.304 e. The van der Waals surface area contributed by atoms with Crippen LogP contribution in [0.4, 0.5) is 8.78 Å². The van der Waals surface area contributed by atoms with Gasteiger partial charge in [0.15, 0.2) is 5.17 Å². The van der Waals surface area contributed by atoms with Gasteiger partial charge in [-0.2, -0.15) is 5.12 Å². The van der Waals surface area contributed by atoms with Gasteiger partial charge in [0.1, 0.15) is 16.5 Å². The molecule has 7 nitrogen and oxygen atoms in total. The maximum atomic E-state index is 13.8. The smallest absolute Gasteiger partial charge is 0.236 e. The summed E-state index contributed by atoms with van der Waals surface area (Å²) >= 11 is 1.45. The highest BCUT2D eigenvalue weighted by molar-refractivity contribution is 8.15. The van der Waals surface area contributed by atoms with Crippen molar-refractivity contribution in [1.82, 2.24) is 21.2 Å². The maximum absolute atomic E-state index is 13.8. The lowest BCUT2D eigenvalue weighted by Crippen LogP contribution is -2.67. The third-order valence-electron chi connectivity index (χ3n) is 7.04. The number of nitrogens with one attached hydrogen (secondary N) is 3. The topological polar surface area (TPSA) is 85.8 Å². The number of nitrogens with zero attached hydrogens (tertiary/aromatic N) is 2. The van der Waals surface area contributed by atoms with Crippen molar-refractivity contribution in [2.75, 3.05) is 0 Å². The number of piperidine rings is 1. The number of benzene rings is 2. The van der Waals surface area contributed by atoms with Gasteiger partial charge in [0.2, 0.25) is 11.8 Å². The molecule has 1 aliphatic carbocycles. The third-order valence-corrected chi connectivity index (χ3v) is 8.53. The molecule has 10 heteroatoms. The largest absolute Gasteiger partial charge is 0.304 e. The Bertz CT molecular complexity index is 1100. The molecule has 1 saturated carbocycles. The average molecular weight is 500 g/mol. The van der Waals surface area contributed by atoms with E-state index in [2.05, 4.69) is 21.2 Å². The van der Waals surface area contributed by atoms with E-state index >= 15 is 0 Å². The summed E-state index contributed by atoms with van der Waals surface area (Å²) in [4.78, 5) is 23.4. The van der Waals surface area contributed by atoms with Gasteiger partial charge in [-0.15, -0.1) is 5.10 Å². The molecule has 0 radical (unpaired) electrons. The van der Waals surface area contributed by atoms with Crippen molar-refractivity contribution in [3.8, 4) is 0 Å². The zero-order valence-electron chi connectivity index (χ0n) is 19.4. The van der Waals surface area contributed by atoms with Gasteiger partial charge in [-0.1, -0.05) is 42.4 Å². The molecule has 2 aliphatic heterocycles. The fourth-order valence-corrected chi connectivity index (χ4v) is 7.41. The second-order valence-corrected chi connectivity index (χ2v) is 10.5. The van der Waals surface area contributed by atoms with Gasteiger partial charge in [-0.3, -0.25) is 15.0 Å². The second kappa shape index (κ2) is 9.23. The molecule has 184 valence electrons. The Hall–Kier alpha value is -2.98. The van der Waals surface area contributed by atoms with Crippen LogP contribution in [0, 0.1) is 23.5 Å². The molecule has 2 aromatic carbocycles. The van der Waals surface area contributed by atoms with Gasteiger partial charge in [0.05, 0.1) is 0 Å². The van der Waals surface area contributed by atoms with E-state index in [9.17, 15) is 18.4 Å². The summed E-state index contributed by atoms with van der Waals surface area (Å²) in [5.74, 6) is -1.22. The summed E-state index contributed by atoms with van der Waals surface area (Å²) < 4.78 is 27.6. The number of thioether (sulfide) groups is 1. The molecule has 1 spiro atoms. The van der Waals surface area contributed by atoms with Crippen molar-refractivity contribution in [2.45, 2.75) is 50.1 Å². The third kappa shape index (κ3) is 4.29. The fourth-order valence-electron chi connectivity index (χ4n) is 5.80. The predicted octanol–water partition coefficient (Wildman–Crippen LogP) is 3.97. The Labute approximate surface area is 206 Å². The van der Waals surface area contributed by atoms with Crippen molar-refractivity contribution < 1.29 is 18.4 Å². The first-order chi connectivity index (χ1) is 16.8. The molecule has 5 rings (SSSR count). The van der Waals surface area contributed by atoms with Gasteiger partial charge in [-0.25, -0.2) is 8.78 Å². The lowest BCUT2D eigenvalue weighted by molar-refractivity contribution is -0.131. The molecular weight excluding hydrogens is 472 g/mol. The molecule has 4 unspecified atom stereocenters. The van der Waals surface area contributed by atoms with E-state index in [0.717, 1.165) is 30.4 Å². The minimum atomic E-state index is -0.717. The number of hydrazone groups is 1. The number of rotatable bonds is 3. The first-order valence-electron chi connectivity index (χ1n) is 11.7. The SMILES string of the molecule is CC(=O)NC1=NN(NC(C)=O)C2(S1)C1CCCC2C(c2ccc(F)cc2)NC1c1ccc(F)cc1. The second-order valence-electron chi connectivity index (χ2n) is 9.29. The number of hydrogen-bond donors (Lipinski definition) is 3. The van der Waals surface area contributed by atoms with Gasteiger partial charge in [0.25, 0.3) is 0 Å². The van der Waals surface area contributed by atoms with Crippen LogP contribution in [0.25, 0.3) is 0 Å². The van der Waals surface area contributed by atoms with E-state index in [0.29, 0.717) is 5.17 Å². The van der Waals surface area contributed by atoms with Crippen LogP contribution in [-0.2, 0) is 9.59 Å². The summed E-state index contributed by atoms with van der Waals surface area (Å²) in [6.07, 6.45) is 2.64. The molecule has 2 bridgehead atoms. The highest BCUT2D eigenvalue weighted by Gasteiger charge is 2.64. The molecule has 0 aromatic heterocycles. The van der Waals surface area contributed by atoms with Crippen LogP contribution < -0.4 is 16.1 Å². The Morgan fingerprint density at radius 2 is 1.46 bits per heavy atom. The standard InChI is InChI=1S/C25H27F2N5O2S/c1-14(33)28-24-31-32(30-15(2)34)25(35-24)20-4-3-5-21(25)23(17-8-12-19(27)13-9-17)29-22(20)16-6-10-18(26)11-7-16/h6-13,20-23,29H,3-5H2,1-2H3,(H,30,34)(H,28,31,33). The van der Waals surface area contributed by atoms with E-state index in [1.807, 2.05) is 0 Å². The Morgan fingerprint density at radius 1 is 0.943 bits per heavy atom. The molecule has 1 saturated heterocycles. The van der Waals surface area contributed by atoms with Gasteiger partial charge in [-0.05, 0) is 48.2 Å². The molecule has 4 atom stereocenters. The monoisotopic (exact) mass is 499 g/mol. The fraction of sp³-hybridized carbons (Fsp3) is 0.400. The quantitative estimate of drug-likeness (QED) is 0.595. The first-order valence-corrected chi connectivity index (χ1v) is 12.5. The number of carbonyl (C=O) groups is 2. The lowest BCUT2D eigenvalue weighted by atomic mass is 9.64. The molecule has 2 amide bonds. The summed E-state index contributed by atoms with van der Waals surface area (Å²) in [6.45, 7) is 2.85. The van der Waals surface area contributed by atoms with Crippen LogP contribution in [0.3, 0.4) is 0 Å². The van der Waals surface area contributed by atoms with Crippen molar-refractivity contribution >= 4 is 28.7 Å². The Balaban J connectivity index is 1.65. The lowest BCUT2D eigenvalue weighted by Gasteiger charge is -2.59. The van der Waals surface area contributed by atoms with E-state index < -0.39 is 4.87 Å². The van der Waals surface area contributed by atoms with Crippen molar-refractivity contribution in [3.05, 3.63) is 71.3 Å². The predicted molar refractivity (Wildman–Crippen MR) is 129 cm³/mol. The highest BCUT2D eigenvalue weighted by Crippen LogP contribution is 2.62. The minimum absolute atomic E-state index is 0.0322. The number of halogens is 2. The van der Waals surface area contributed by atoms with Crippen LogP contribution in [0.15, 0.2) is 53.6 Å². The van der Waals surface area contributed by atoms with Crippen LogP contribution in [0.2, 0.25) is 0 Å². The number of hydrazine groups is 1. The van der Waals surface area contributed by atoms with Crippen LogP contribution >= 0.6 is 11.8 Å². The molecule has 2 aromatic rings. The van der Waals surface area contributed by atoms with Gasteiger partial charge < -0.3 is 10.6 Å². The first kappa shape index (κ1) is 23.7. The van der Waals surface area contributed by atoms with E-state index in [1.165, 1.54) is 49.9 Å². The van der Waals surface area contributed by atoms with Crippen molar-refractivity contribution in [1.29, 1.82) is 0 Å². The zero-order valence-corrected chi connectivity index (χ0v) is 20.2. The van der Waals surface area contributed by atoms with E-state index in [-0.39, 0.29) is 47.4 Å². The number of amides is 2. The highest BCUT2D eigenvalue weighted by atomic mass is 32.2. The number of amidine groups is 1. The van der Waals surface area contributed by atoms with Crippen LogP contribution in [0.1, 0.15) is 56.3 Å². The van der Waals surface area contributed by atoms with E-state index in [4.69, 9.17) is 0 Å². The molecule has 3 N–H and O–H groups in total. The Morgan fingerprint density at radius 3 is 1.91 bits per heavy atom. The summed E-state index contributed by atoms with van der Waals surface area (Å²) in [5, 5.41) is 13.2. The molecule has 2 heterocycles. The molecule has 35 heavy (non-hydrogen) atoms. The van der Waals surface area contributed by atoms with Crippen LogP contribution in [0.5, 0.6) is 0 Å². The van der Waals surface area contributed by atoms with Crippen molar-refractivity contribution in [3.63, 3.8) is 0 Å². The molecular formula is C25H27F2N5O2S. The van der Waals surface area contributed by atoms with Gasteiger partial charge in [0, 0.05) is 37.8 Å². The van der Waals surface area contributed by atoms with Crippen LogP contribution in [-0.4, -0.2) is 27.0 Å². The zero-order chi connectivity index (χ0) is 24.7. The van der Waals surface area contributed by atoms with Crippen molar-refractivity contribution in [2.24, 2.45) is 16.9 Å². The molecule has 3 aliphatic rings. The molecule has 2 fully saturated rings. The summed E-state index contributed by atoms with van der Waals surface area (Å²) in [6, 6.07) is 12.5. The number of hydrogen-bond acceptors (Lipinski definition) is 6. The number of carbonyl (C=O) groups excluding carboxylic acids is 2. The Kier molecular flexibility index (Phi) is 6.27. The summed E-state index contributed by atoms with van der Waals surface area (Å²) in [7, 11) is 0. The maximum Gasteiger partial charge on any atom is 0.236 e. The normalized spacial score (nSPS) is 29.6. The van der Waals surface area contributed by atoms with Gasteiger partial charge >= 0.3 is 0 Å². The average Bonchev–Trinajstić information content (AvgIpc) is 3.11.